The van der Waals surface area contributed by atoms with Crippen molar-refractivity contribution >= 4 is 59.5 Å². The summed E-state index contributed by atoms with van der Waals surface area (Å²) < 4.78 is 2.53. The van der Waals surface area contributed by atoms with E-state index in [4.69, 9.17) is 4.98 Å². The molecule has 0 amide bonds. The Labute approximate surface area is 283 Å². The van der Waals surface area contributed by atoms with Gasteiger partial charge in [0, 0.05) is 37.7 Å². The van der Waals surface area contributed by atoms with E-state index >= 15 is 0 Å². The van der Waals surface area contributed by atoms with Crippen molar-refractivity contribution in [1.82, 2.24) is 4.98 Å². The van der Waals surface area contributed by atoms with Gasteiger partial charge in [-0.05, 0) is 74.5 Å². The fourth-order valence-corrected chi connectivity index (χ4v) is 8.00. The predicted molar refractivity (Wildman–Crippen MR) is 206 cm³/mol. The molecule has 0 aliphatic rings. The SMILES string of the molecule is c1ccc(-c2ccc(N(c3ccc(-c4ccccc4)c(-c4ccccc4)c3)c3cc4sc5c6ccccc6ccc5c4cn3)cc2)cc1. The van der Waals surface area contributed by atoms with Gasteiger partial charge in [0.1, 0.15) is 5.82 Å². The van der Waals surface area contributed by atoms with E-state index in [1.807, 2.05) is 11.3 Å². The van der Waals surface area contributed by atoms with E-state index in [2.05, 4.69) is 187 Å². The molecule has 0 spiro atoms. The topological polar surface area (TPSA) is 16.1 Å². The van der Waals surface area contributed by atoms with E-state index in [1.165, 1.54) is 64.3 Å². The van der Waals surface area contributed by atoms with Crippen molar-refractivity contribution in [3.63, 3.8) is 0 Å². The third kappa shape index (κ3) is 5.02. The van der Waals surface area contributed by atoms with Crippen molar-refractivity contribution < 1.29 is 0 Å². The summed E-state index contributed by atoms with van der Waals surface area (Å²) in [5.41, 5.74) is 9.24. The third-order valence-electron chi connectivity index (χ3n) is 9.13. The molecular formula is C45H30N2S. The highest BCUT2D eigenvalue weighted by Crippen LogP contribution is 2.43. The van der Waals surface area contributed by atoms with Crippen LogP contribution in [0, 0.1) is 0 Å². The molecule has 2 nitrogen and oxygen atoms in total. The Morgan fingerprint density at radius 3 is 1.75 bits per heavy atom. The lowest BCUT2D eigenvalue weighted by Gasteiger charge is -2.26. The monoisotopic (exact) mass is 630 g/mol. The van der Waals surface area contributed by atoms with Gasteiger partial charge in [-0.2, -0.15) is 0 Å². The van der Waals surface area contributed by atoms with Gasteiger partial charge in [-0.15, -0.1) is 11.3 Å². The fourth-order valence-electron chi connectivity index (χ4n) is 6.76. The number of benzene rings is 7. The van der Waals surface area contributed by atoms with Gasteiger partial charge in [-0.25, -0.2) is 4.98 Å². The maximum Gasteiger partial charge on any atom is 0.138 e. The zero-order valence-corrected chi connectivity index (χ0v) is 26.9. The molecular weight excluding hydrogens is 601 g/mol. The van der Waals surface area contributed by atoms with Crippen LogP contribution in [0.5, 0.6) is 0 Å². The van der Waals surface area contributed by atoms with Crippen LogP contribution < -0.4 is 4.90 Å². The zero-order valence-electron chi connectivity index (χ0n) is 26.1. The van der Waals surface area contributed by atoms with Crippen LogP contribution in [0.2, 0.25) is 0 Å². The Bertz CT molecular complexity index is 2540. The van der Waals surface area contributed by atoms with Gasteiger partial charge in [0.2, 0.25) is 0 Å². The van der Waals surface area contributed by atoms with Crippen LogP contribution in [0.4, 0.5) is 17.2 Å². The van der Waals surface area contributed by atoms with Crippen molar-refractivity contribution in [3.8, 4) is 33.4 Å². The van der Waals surface area contributed by atoms with Gasteiger partial charge in [-0.3, -0.25) is 4.90 Å². The molecule has 0 N–H and O–H groups in total. The number of thiophene rings is 1. The minimum Gasteiger partial charge on any atom is -0.295 e. The lowest BCUT2D eigenvalue weighted by atomic mass is 9.93. The number of pyridine rings is 1. The van der Waals surface area contributed by atoms with Crippen LogP contribution in [-0.4, -0.2) is 4.98 Å². The van der Waals surface area contributed by atoms with E-state index in [9.17, 15) is 0 Å². The molecule has 0 atom stereocenters. The molecule has 0 bridgehead atoms. The number of aromatic nitrogens is 1. The van der Waals surface area contributed by atoms with Crippen LogP contribution in [0.25, 0.3) is 64.3 Å². The van der Waals surface area contributed by atoms with Crippen LogP contribution in [0.1, 0.15) is 0 Å². The van der Waals surface area contributed by atoms with Crippen molar-refractivity contribution in [2.75, 3.05) is 4.90 Å². The van der Waals surface area contributed by atoms with E-state index in [0.717, 1.165) is 17.2 Å². The smallest absolute Gasteiger partial charge is 0.138 e. The molecule has 0 saturated carbocycles. The number of hydrogen-bond acceptors (Lipinski definition) is 3. The second kappa shape index (κ2) is 12.0. The van der Waals surface area contributed by atoms with Crippen LogP contribution in [0.15, 0.2) is 182 Å². The van der Waals surface area contributed by atoms with Crippen LogP contribution in [0.3, 0.4) is 0 Å². The average Bonchev–Trinajstić information content (AvgIpc) is 3.55. The molecule has 9 rings (SSSR count). The first-order valence-electron chi connectivity index (χ1n) is 16.2. The number of rotatable bonds is 6. The van der Waals surface area contributed by atoms with Crippen molar-refractivity contribution in [3.05, 3.63) is 182 Å². The van der Waals surface area contributed by atoms with Crippen molar-refractivity contribution in [2.45, 2.75) is 0 Å². The summed E-state index contributed by atoms with van der Waals surface area (Å²) in [6, 6.07) is 62.8. The van der Waals surface area contributed by atoms with E-state index in [0.29, 0.717) is 0 Å². The Morgan fingerprint density at radius 1 is 0.417 bits per heavy atom. The Hall–Kier alpha value is -6.03. The predicted octanol–water partition coefficient (Wildman–Crippen LogP) is 13.1. The summed E-state index contributed by atoms with van der Waals surface area (Å²) in [4.78, 5) is 7.45. The van der Waals surface area contributed by atoms with Gasteiger partial charge in [0.15, 0.2) is 0 Å². The van der Waals surface area contributed by atoms with Crippen LogP contribution >= 0.6 is 11.3 Å². The summed E-state index contributed by atoms with van der Waals surface area (Å²) >= 11 is 1.85. The fraction of sp³-hybridized carbons (Fsp3) is 0. The molecule has 0 saturated heterocycles. The van der Waals surface area contributed by atoms with Gasteiger partial charge in [-0.1, -0.05) is 146 Å². The molecule has 0 aliphatic heterocycles. The van der Waals surface area contributed by atoms with Crippen LogP contribution in [-0.2, 0) is 0 Å². The molecule has 0 aliphatic carbocycles. The molecule has 226 valence electrons. The molecule has 2 aromatic heterocycles. The average molecular weight is 631 g/mol. The lowest BCUT2D eigenvalue weighted by Crippen LogP contribution is -2.11. The maximum atomic E-state index is 5.16. The largest absolute Gasteiger partial charge is 0.295 e. The highest BCUT2D eigenvalue weighted by atomic mass is 32.1. The van der Waals surface area contributed by atoms with Gasteiger partial charge >= 0.3 is 0 Å². The summed E-state index contributed by atoms with van der Waals surface area (Å²) in [5.74, 6) is 0.886. The number of anilines is 3. The van der Waals surface area contributed by atoms with E-state index < -0.39 is 0 Å². The first-order valence-corrected chi connectivity index (χ1v) is 17.0. The number of hydrogen-bond donors (Lipinski definition) is 0. The highest BCUT2D eigenvalue weighted by molar-refractivity contribution is 7.26. The Balaban J connectivity index is 1.24. The van der Waals surface area contributed by atoms with Gasteiger partial charge in [0.25, 0.3) is 0 Å². The summed E-state index contributed by atoms with van der Waals surface area (Å²) in [6.07, 6.45) is 2.06. The number of nitrogens with zero attached hydrogens (tertiary/aromatic N) is 2. The molecule has 0 radical (unpaired) electrons. The van der Waals surface area contributed by atoms with Crippen molar-refractivity contribution in [2.24, 2.45) is 0 Å². The minimum atomic E-state index is 0.886. The second-order valence-corrected chi connectivity index (χ2v) is 13.1. The number of fused-ring (bicyclic) bond motifs is 5. The first-order chi connectivity index (χ1) is 23.8. The minimum absolute atomic E-state index is 0.886. The zero-order chi connectivity index (χ0) is 31.9. The molecule has 3 heteroatoms. The quantitative estimate of drug-likeness (QED) is 0.182. The lowest BCUT2D eigenvalue weighted by molar-refractivity contribution is 1.19. The van der Waals surface area contributed by atoms with Gasteiger partial charge < -0.3 is 0 Å². The maximum absolute atomic E-state index is 5.16. The summed E-state index contributed by atoms with van der Waals surface area (Å²) in [5, 5.41) is 4.99. The standard InChI is InChI=1S/C45H30N2S/c1-4-12-31(13-5-1)32-20-23-36(24-21-32)47(37-25-27-38(33-14-6-2-7-15-33)41(28-37)34-16-8-3-9-17-34)44-29-43-42(30-46-44)40-26-22-35-18-10-11-19-39(35)45(40)48-43/h1-30H. The van der Waals surface area contributed by atoms with E-state index in [1.54, 1.807) is 0 Å². The van der Waals surface area contributed by atoms with Crippen molar-refractivity contribution in [1.29, 1.82) is 0 Å². The normalized spacial score (nSPS) is 11.3. The summed E-state index contributed by atoms with van der Waals surface area (Å²) in [6.45, 7) is 0. The first kappa shape index (κ1) is 28.2. The Kier molecular flexibility index (Phi) is 7.03. The molecule has 0 unspecified atom stereocenters. The molecule has 7 aromatic carbocycles. The molecule has 9 aromatic rings. The molecule has 2 heterocycles. The molecule has 48 heavy (non-hydrogen) atoms. The summed E-state index contributed by atoms with van der Waals surface area (Å²) in [7, 11) is 0. The molecule has 0 fully saturated rings. The highest BCUT2D eigenvalue weighted by Gasteiger charge is 2.19. The van der Waals surface area contributed by atoms with E-state index in [-0.39, 0.29) is 0 Å². The van der Waals surface area contributed by atoms with Gasteiger partial charge in [0.05, 0.1) is 0 Å². The third-order valence-corrected chi connectivity index (χ3v) is 10.3. The Morgan fingerprint density at radius 2 is 1.02 bits per heavy atom. The second-order valence-electron chi connectivity index (χ2n) is 12.0.